The zero-order valence-electron chi connectivity index (χ0n) is 9.66. The second-order valence-corrected chi connectivity index (χ2v) is 5.80. The first-order valence-corrected chi connectivity index (χ1v) is 5.70. The molecule has 2 N–H and O–H groups in total. The predicted octanol–water partition coefficient (Wildman–Crippen LogP) is 0.360. The molecule has 0 amide bonds. The highest BCUT2D eigenvalue weighted by molar-refractivity contribution is 4.97. The Hall–Kier alpha value is -0.120. The Kier molecular flexibility index (Phi) is 2.58. The fraction of sp³-hybridized carbons (Fsp3) is 1.00. The van der Waals surface area contributed by atoms with Crippen LogP contribution in [0.1, 0.15) is 20.8 Å². The van der Waals surface area contributed by atoms with Gasteiger partial charge in [0.1, 0.15) is 0 Å². The normalized spacial score (nSPS) is 39.9. The van der Waals surface area contributed by atoms with E-state index in [9.17, 15) is 0 Å². The van der Waals surface area contributed by atoms with Crippen molar-refractivity contribution in [3.8, 4) is 0 Å². The SMILES string of the molecule is CC(C)(C)C(N)C1CN2CCN1CC2. The maximum atomic E-state index is 6.34. The number of rotatable bonds is 1. The maximum Gasteiger partial charge on any atom is 0.0380 e. The Morgan fingerprint density at radius 1 is 1.14 bits per heavy atom. The maximum absolute atomic E-state index is 6.34. The summed E-state index contributed by atoms with van der Waals surface area (Å²) in [6, 6.07) is 0.878. The molecule has 0 aromatic heterocycles. The zero-order chi connectivity index (χ0) is 10.3. The summed E-state index contributed by atoms with van der Waals surface area (Å²) in [4.78, 5) is 5.13. The summed E-state index contributed by atoms with van der Waals surface area (Å²) in [6.07, 6.45) is 0. The van der Waals surface area contributed by atoms with E-state index in [1.165, 1.54) is 32.7 Å². The fourth-order valence-corrected chi connectivity index (χ4v) is 2.58. The number of piperazine rings is 3. The zero-order valence-corrected chi connectivity index (χ0v) is 9.66. The van der Waals surface area contributed by atoms with Crippen molar-refractivity contribution < 1.29 is 0 Å². The average molecular weight is 197 g/mol. The largest absolute Gasteiger partial charge is 0.326 e. The van der Waals surface area contributed by atoms with Crippen molar-refractivity contribution in [3.63, 3.8) is 0 Å². The van der Waals surface area contributed by atoms with Gasteiger partial charge in [0.25, 0.3) is 0 Å². The second-order valence-electron chi connectivity index (χ2n) is 5.80. The van der Waals surface area contributed by atoms with Crippen LogP contribution < -0.4 is 5.73 Å². The van der Waals surface area contributed by atoms with Crippen LogP contribution >= 0.6 is 0 Å². The van der Waals surface area contributed by atoms with Gasteiger partial charge in [-0.05, 0) is 5.41 Å². The molecule has 2 atom stereocenters. The van der Waals surface area contributed by atoms with Crippen molar-refractivity contribution in [1.82, 2.24) is 9.80 Å². The van der Waals surface area contributed by atoms with E-state index in [2.05, 4.69) is 30.6 Å². The highest BCUT2D eigenvalue weighted by Crippen LogP contribution is 2.27. The minimum atomic E-state index is 0.225. The molecule has 0 aromatic carbocycles. The number of nitrogens with two attached hydrogens (primary N) is 1. The molecule has 0 spiro atoms. The molecule has 82 valence electrons. The number of fused-ring (bicyclic) bond motifs is 3. The summed E-state index contributed by atoms with van der Waals surface area (Å²) >= 11 is 0. The predicted molar refractivity (Wildman–Crippen MR) is 59.2 cm³/mol. The van der Waals surface area contributed by atoms with Gasteiger partial charge in [-0.1, -0.05) is 20.8 Å². The van der Waals surface area contributed by atoms with Crippen LogP contribution in [0.3, 0.4) is 0 Å². The monoisotopic (exact) mass is 197 g/mol. The van der Waals surface area contributed by atoms with Gasteiger partial charge in [0.2, 0.25) is 0 Å². The molecular weight excluding hydrogens is 174 g/mol. The van der Waals surface area contributed by atoms with Crippen molar-refractivity contribution in [1.29, 1.82) is 0 Å². The van der Waals surface area contributed by atoms with E-state index in [0.29, 0.717) is 12.1 Å². The molecule has 3 heteroatoms. The molecule has 2 bridgehead atoms. The fourth-order valence-electron chi connectivity index (χ4n) is 2.58. The molecule has 0 saturated carbocycles. The highest BCUT2D eigenvalue weighted by atomic mass is 15.3. The van der Waals surface area contributed by atoms with Gasteiger partial charge in [-0.25, -0.2) is 0 Å². The van der Waals surface area contributed by atoms with Crippen LogP contribution in [-0.2, 0) is 0 Å². The molecule has 3 fully saturated rings. The second kappa shape index (κ2) is 3.47. The number of hydrogen-bond donors (Lipinski definition) is 1. The summed E-state index contributed by atoms with van der Waals surface area (Å²) in [6.45, 7) is 12.8. The van der Waals surface area contributed by atoms with E-state index in [0.717, 1.165) is 0 Å². The van der Waals surface area contributed by atoms with Crippen LogP contribution in [0.25, 0.3) is 0 Å². The van der Waals surface area contributed by atoms with Crippen molar-refractivity contribution in [3.05, 3.63) is 0 Å². The van der Waals surface area contributed by atoms with Crippen LogP contribution in [0.4, 0.5) is 0 Å². The molecule has 3 aliphatic heterocycles. The molecule has 3 rings (SSSR count). The quantitative estimate of drug-likeness (QED) is 0.659. The summed E-state index contributed by atoms with van der Waals surface area (Å²) in [7, 11) is 0. The lowest BCUT2D eigenvalue weighted by Crippen LogP contribution is -2.67. The van der Waals surface area contributed by atoms with Crippen LogP contribution in [0.2, 0.25) is 0 Å². The summed E-state index contributed by atoms with van der Waals surface area (Å²) < 4.78 is 0. The standard InChI is InChI=1S/C11H23N3/c1-11(2,3)10(12)9-8-13-4-6-14(9)7-5-13/h9-10H,4-8,12H2,1-3H3. The highest BCUT2D eigenvalue weighted by Gasteiger charge is 2.39. The van der Waals surface area contributed by atoms with Gasteiger partial charge in [0.05, 0.1) is 0 Å². The van der Waals surface area contributed by atoms with Gasteiger partial charge in [-0.3, -0.25) is 9.80 Å². The van der Waals surface area contributed by atoms with Crippen molar-refractivity contribution in [2.45, 2.75) is 32.9 Å². The molecule has 3 nitrogen and oxygen atoms in total. The van der Waals surface area contributed by atoms with E-state index in [-0.39, 0.29) is 5.41 Å². The molecule has 0 radical (unpaired) electrons. The van der Waals surface area contributed by atoms with E-state index >= 15 is 0 Å². The first-order chi connectivity index (χ1) is 6.48. The van der Waals surface area contributed by atoms with Gasteiger partial charge >= 0.3 is 0 Å². The average Bonchev–Trinajstić information content (AvgIpc) is 2.17. The molecule has 3 heterocycles. The van der Waals surface area contributed by atoms with Gasteiger partial charge in [-0.15, -0.1) is 0 Å². The Morgan fingerprint density at radius 2 is 1.71 bits per heavy atom. The van der Waals surface area contributed by atoms with Gasteiger partial charge < -0.3 is 5.73 Å². The molecule has 0 aromatic rings. The first kappa shape index (κ1) is 10.4. The minimum Gasteiger partial charge on any atom is -0.326 e. The molecule has 2 unspecified atom stereocenters. The van der Waals surface area contributed by atoms with Crippen LogP contribution in [-0.4, -0.2) is 54.6 Å². The molecule has 3 aliphatic rings. The van der Waals surface area contributed by atoms with Gasteiger partial charge in [0.15, 0.2) is 0 Å². The van der Waals surface area contributed by atoms with Crippen LogP contribution in [0.15, 0.2) is 0 Å². The topological polar surface area (TPSA) is 32.5 Å². The summed E-state index contributed by atoms with van der Waals surface area (Å²) in [5.41, 5.74) is 6.57. The van der Waals surface area contributed by atoms with E-state index in [1.807, 2.05) is 0 Å². The molecule has 0 aliphatic carbocycles. The number of nitrogens with zero attached hydrogens (tertiary/aromatic N) is 2. The van der Waals surface area contributed by atoms with E-state index in [4.69, 9.17) is 5.73 Å². The third-order valence-electron chi connectivity index (χ3n) is 3.74. The van der Waals surface area contributed by atoms with Crippen molar-refractivity contribution in [2.24, 2.45) is 11.1 Å². The first-order valence-electron chi connectivity index (χ1n) is 5.70. The third kappa shape index (κ3) is 1.81. The molecule has 3 saturated heterocycles. The van der Waals surface area contributed by atoms with E-state index in [1.54, 1.807) is 0 Å². The Balaban J connectivity index is 2.05. The van der Waals surface area contributed by atoms with Gasteiger partial charge in [-0.2, -0.15) is 0 Å². The Morgan fingerprint density at radius 3 is 2.07 bits per heavy atom. The smallest absolute Gasteiger partial charge is 0.0380 e. The Labute approximate surface area is 87.2 Å². The lowest BCUT2D eigenvalue weighted by Gasteiger charge is -2.51. The van der Waals surface area contributed by atoms with Crippen LogP contribution in [0.5, 0.6) is 0 Å². The molecular formula is C11H23N3. The summed E-state index contributed by atoms with van der Waals surface area (Å²) in [5, 5.41) is 0. The lowest BCUT2D eigenvalue weighted by molar-refractivity contribution is -0.0139. The Bertz CT molecular complexity index is 201. The van der Waals surface area contributed by atoms with Gasteiger partial charge in [0, 0.05) is 44.8 Å². The minimum absolute atomic E-state index is 0.225. The summed E-state index contributed by atoms with van der Waals surface area (Å²) in [5.74, 6) is 0. The van der Waals surface area contributed by atoms with E-state index < -0.39 is 0 Å². The number of hydrogen-bond acceptors (Lipinski definition) is 3. The van der Waals surface area contributed by atoms with Crippen molar-refractivity contribution >= 4 is 0 Å². The van der Waals surface area contributed by atoms with Crippen molar-refractivity contribution in [2.75, 3.05) is 32.7 Å². The third-order valence-corrected chi connectivity index (χ3v) is 3.74. The molecule has 14 heavy (non-hydrogen) atoms. The van der Waals surface area contributed by atoms with Crippen LogP contribution in [0, 0.1) is 5.41 Å². The lowest BCUT2D eigenvalue weighted by atomic mass is 9.81.